The van der Waals surface area contributed by atoms with Gasteiger partial charge in [-0.3, -0.25) is 0 Å². The van der Waals surface area contributed by atoms with Gasteiger partial charge in [0, 0.05) is 38.0 Å². The number of nitrogens with two attached hydrogens (primary N) is 1. The maximum Gasteiger partial charge on any atom is 0.231 e. The van der Waals surface area contributed by atoms with E-state index in [-0.39, 0.29) is 11.1 Å². The van der Waals surface area contributed by atoms with Crippen LogP contribution in [0.4, 0.5) is 5.82 Å². The van der Waals surface area contributed by atoms with Crippen LogP contribution in [0, 0.1) is 5.92 Å². The lowest BCUT2D eigenvalue weighted by molar-refractivity contribution is 0.205. The minimum absolute atomic E-state index is 0.0779. The predicted molar refractivity (Wildman–Crippen MR) is 153 cm³/mol. The third-order valence-electron chi connectivity index (χ3n) is 7.91. The fourth-order valence-corrected chi connectivity index (χ4v) is 5.58. The minimum Gasteiger partial charge on any atom is -0.475 e. The second kappa shape index (κ2) is 10.3. The molecule has 0 unspecified atom stereocenters. The number of rotatable bonds is 8. The first kappa shape index (κ1) is 26.6. The van der Waals surface area contributed by atoms with E-state index in [1.807, 2.05) is 31.3 Å². The molecule has 5 rings (SSSR count). The Balaban J connectivity index is 1.33. The Morgan fingerprint density at radius 3 is 2.63 bits per heavy atom. The zero-order valence-electron chi connectivity index (χ0n) is 23.4. The number of anilines is 1. The number of hydrogen-bond acceptors (Lipinski definition) is 8. The summed E-state index contributed by atoms with van der Waals surface area (Å²) in [6.07, 6.45) is 5.79. The number of fused-ring (bicyclic) bond motifs is 2. The average molecular weight is 537 g/mol. The topological polar surface area (TPSA) is 104 Å². The summed E-state index contributed by atoms with van der Waals surface area (Å²) in [5.41, 5.74) is 8.10. The van der Waals surface area contributed by atoms with Crippen LogP contribution >= 0.6 is 0 Å². The molecule has 1 saturated heterocycles. The molecule has 9 nitrogen and oxygen atoms in total. The molecule has 1 aliphatic rings. The van der Waals surface area contributed by atoms with E-state index in [9.17, 15) is 0 Å². The summed E-state index contributed by atoms with van der Waals surface area (Å²) >= 11 is 0. The van der Waals surface area contributed by atoms with Crippen LogP contribution in [0.5, 0.6) is 5.88 Å². The Morgan fingerprint density at radius 1 is 1.16 bits per heavy atom. The first-order valence-electron chi connectivity index (χ1n) is 13.5. The van der Waals surface area contributed by atoms with Gasteiger partial charge in [-0.2, -0.15) is 0 Å². The van der Waals surface area contributed by atoms with E-state index >= 15 is 0 Å². The number of pyridine rings is 1. The number of aromatic nitrogens is 4. The quantitative estimate of drug-likeness (QED) is 0.294. The second-order valence-corrected chi connectivity index (χ2v) is 16.8. The normalized spacial score (nSPS) is 16.4. The lowest BCUT2D eigenvalue weighted by Crippen LogP contribution is -2.43. The van der Waals surface area contributed by atoms with Crippen molar-refractivity contribution in [1.82, 2.24) is 19.6 Å². The molecule has 0 spiro atoms. The Kier molecular flexibility index (Phi) is 7.23. The highest BCUT2D eigenvalue weighted by Gasteiger charge is 2.38. The SMILES string of the molecule is C[C@H](N)COc1ccc2ncc(-c3cc4c(N5CCC(CO[Si](C)(C)C(C)(C)C)CC5)nccc4o3)n2n1. The molecule has 4 aromatic heterocycles. The number of nitrogens with zero attached hydrogens (tertiary/aromatic N) is 5. The van der Waals surface area contributed by atoms with Crippen LogP contribution in [0.3, 0.4) is 0 Å². The van der Waals surface area contributed by atoms with E-state index < -0.39 is 8.32 Å². The largest absolute Gasteiger partial charge is 0.475 e. The third-order valence-corrected chi connectivity index (χ3v) is 12.4. The molecule has 4 aromatic rings. The van der Waals surface area contributed by atoms with E-state index in [1.54, 1.807) is 16.8 Å². The Labute approximate surface area is 225 Å². The van der Waals surface area contributed by atoms with Gasteiger partial charge in [0.25, 0.3) is 0 Å². The highest BCUT2D eigenvalue weighted by molar-refractivity contribution is 6.74. The van der Waals surface area contributed by atoms with Crippen LogP contribution in [0.1, 0.15) is 40.5 Å². The molecule has 1 atom stereocenters. The van der Waals surface area contributed by atoms with Crippen LogP contribution in [0.2, 0.25) is 18.1 Å². The van der Waals surface area contributed by atoms with Crippen molar-refractivity contribution < 1.29 is 13.6 Å². The number of imidazole rings is 1. The van der Waals surface area contributed by atoms with E-state index in [4.69, 9.17) is 24.3 Å². The molecule has 204 valence electrons. The molecule has 2 N–H and O–H groups in total. The molecule has 0 saturated carbocycles. The molecular weight excluding hydrogens is 496 g/mol. The molecule has 0 bridgehead atoms. The zero-order chi connectivity index (χ0) is 27.1. The van der Waals surface area contributed by atoms with Crippen LogP contribution < -0.4 is 15.4 Å². The molecule has 0 aromatic carbocycles. The van der Waals surface area contributed by atoms with Crippen molar-refractivity contribution in [3.05, 3.63) is 36.7 Å². The van der Waals surface area contributed by atoms with Crippen molar-refractivity contribution >= 4 is 30.8 Å². The van der Waals surface area contributed by atoms with Gasteiger partial charge in [0.05, 0.1) is 11.6 Å². The lowest BCUT2D eigenvalue weighted by Gasteiger charge is -2.39. The standard InChI is InChI=1S/C28H40N6O3Si/c1-19(29)17-35-26-8-7-25-31-16-22(34(25)32-26)24-15-21-23(37-24)9-12-30-27(21)33-13-10-20(11-14-33)18-36-38(5,6)28(2,3)4/h7-9,12,15-16,19-20H,10-11,13-14,17-18,29H2,1-6H3/t19-/m0/s1. The molecule has 5 heterocycles. The summed E-state index contributed by atoms with van der Waals surface area (Å²) < 4.78 is 20.3. The summed E-state index contributed by atoms with van der Waals surface area (Å²) in [5.74, 6) is 2.73. The van der Waals surface area contributed by atoms with Crippen molar-refractivity contribution in [2.45, 2.75) is 64.7 Å². The molecule has 1 aliphatic heterocycles. The molecule has 0 aliphatic carbocycles. The predicted octanol–water partition coefficient (Wildman–Crippen LogP) is 5.50. The second-order valence-electron chi connectivity index (χ2n) is 12.0. The number of ether oxygens (including phenoxy) is 1. The van der Waals surface area contributed by atoms with Gasteiger partial charge in [-0.25, -0.2) is 14.5 Å². The van der Waals surface area contributed by atoms with Crippen molar-refractivity contribution in [3.8, 4) is 17.3 Å². The van der Waals surface area contributed by atoms with Gasteiger partial charge >= 0.3 is 0 Å². The Morgan fingerprint density at radius 2 is 1.92 bits per heavy atom. The summed E-state index contributed by atoms with van der Waals surface area (Å²) in [5, 5.41) is 5.84. The Hall–Kier alpha value is -2.95. The van der Waals surface area contributed by atoms with Crippen LogP contribution in [0.15, 0.2) is 41.1 Å². The zero-order valence-corrected chi connectivity index (χ0v) is 24.4. The lowest BCUT2D eigenvalue weighted by atomic mass is 9.98. The van der Waals surface area contributed by atoms with E-state index in [2.05, 4.69) is 48.8 Å². The summed E-state index contributed by atoms with van der Waals surface area (Å²) in [6, 6.07) is 7.56. The maximum absolute atomic E-state index is 6.52. The number of furan rings is 1. The molecule has 38 heavy (non-hydrogen) atoms. The first-order valence-corrected chi connectivity index (χ1v) is 16.4. The maximum atomic E-state index is 6.52. The molecule has 1 fully saturated rings. The van der Waals surface area contributed by atoms with E-state index in [0.29, 0.717) is 29.8 Å². The Bertz CT molecular complexity index is 1400. The molecule has 10 heteroatoms. The van der Waals surface area contributed by atoms with Crippen LogP contribution in [-0.2, 0) is 4.43 Å². The smallest absolute Gasteiger partial charge is 0.231 e. The van der Waals surface area contributed by atoms with Crippen molar-refractivity contribution in [1.29, 1.82) is 0 Å². The fraction of sp³-hybridized carbons (Fsp3) is 0.536. The molecular formula is C28H40N6O3Si. The summed E-state index contributed by atoms with van der Waals surface area (Å²) in [4.78, 5) is 11.6. The average Bonchev–Trinajstić information content (AvgIpc) is 3.49. The van der Waals surface area contributed by atoms with Gasteiger partial charge in [-0.05, 0) is 62.0 Å². The van der Waals surface area contributed by atoms with E-state index in [0.717, 1.165) is 55.0 Å². The minimum atomic E-state index is -1.73. The van der Waals surface area contributed by atoms with Gasteiger partial charge < -0.3 is 24.2 Å². The number of piperidine rings is 1. The highest BCUT2D eigenvalue weighted by atomic mass is 28.4. The van der Waals surface area contributed by atoms with Crippen molar-refractivity contribution in [2.24, 2.45) is 11.7 Å². The van der Waals surface area contributed by atoms with Crippen LogP contribution in [-0.4, -0.2) is 60.2 Å². The fourth-order valence-electron chi connectivity index (χ4n) is 4.50. The van der Waals surface area contributed by atoms with Gasteiger partial charge in [0.1, 0.15) is 23.7 Å². The van der Waals surface area contributed by atoms with Crippen LogP contribution in [0.25, 0.3) is 28.1 Å². The third kappa shape index (κ3) is 5.43. The molecule has 0 radical (unpaired) electrons. The highest BCUT2D eigenvalue weighted by Crippen LogP contribution is 2.38. The monoisotopic (exact) mass is 536 g/mol. The first-order chi connectivity index (χ1) is 18.0. The summed E-state index contributed by atoms with van der Waals surface area (Å²) in [6.45, 7) is 16.6. The number of hydrogen-bond donors (Lipinski definition) is 1. The van der Waals surface area contributed by atoms with Gasteiger partial charge in [0.15, 0.2) is 19.7 Å². The molecule has 0 amide bonds. The van der Waals surface area contributed by atoms with E-state index in [1.165, 1.54) is 0 Å². The van der Waals surface area contributed by atoms with Gasteiger partial charge in [-0.15, -0.1) is 5.10 Å². The van der Waals surface area contributed by atoms with Crippen molar-refractivity contribution in [3.63, 3.8) is 0 Å². The summed E-state index contributed by atoms with van der Waals surface area (Å²) in [7, 11) is -1.73. The van der Waals surface area contributed by atoms with Crippen molar-refractivity contribution in [2.75, 3.05) is 31.2 Å². The van der Waals surface area contributed by atoms with Gasteiger partial charge in [-0.1, -0.05) is 20.8 Å². The van der Waals surface area contributed by atoms with Gasteiger partial charge in [0.2, 0.25) is 5.88 Å².